The van der Waals surface area contributed by atoms with Crippen molar-refractivity contribution >= 4 is 43.5 Å². The van der Waals surface area contributed by atoms with Crippen LogP contribution in [0.1, 0.15) is 0 Å². The number of hydrogen-bond donors (Lipinski definition) is 2. The molecule has 0 spiro atoms. The highest BCUT2D eigenvalue weighted by molar-refractivity contribution is 6.51. The third-order valence-electron chi connectivity index (χ3n) is 0. The van der Waals surface area contributed by atoms with Gasteiger partial charge in [-0.2, -0.15) is 0 Å². The normalized spacial score (nSPS) is 11.2. The molecule has 0 aromatic carbocycles. The summed E-state index contributed by atoms with van der Waals surface area (Å²) in [6.07, 6.45) is 0. The maximum absolute atomic E-state index is 9.75. The lowest BCUT2D eigenvalue weighted by atomic mass is 10.3. The van der Waals surface area contributed by atoms with E-state index in [0.717, 1.165) is 0 Å². The van der Waals surface area contributed by atoms with Gasteiger partial charge in [0.2, 0.25) is 0 Å². The molecular weight excluding hydrogens is 549 g/mol. The Kier molecular flexibility index (Phi) is 33.2. The average molecular weight is 555 g/mol. The van der Waals surface area contributed by atoms with E-state index in [-0.39, 0.29) is 12.3 Å². The molecule has 0 rings (SSSR count). The molecule has 0 aromatic rings. The van der Waals surface area contributed by atoms with Crippen LogP contribution in [0.15, 0.2) is 0 Å². The van der Waals surface area contributed by atoms with Gasteiger partial charge in [-0.25, -0.2) is 0 Å². The molecular formula is H6B6F24N2-6. The molecule has 0 saturated carbocycles. The molecule has 0 aromatic heterocycles. The molecule has 208 valence electrons. The lowest BCUT2D eigenvalue weighted by molar-refractivity contribution is 0.366. The van der Waals surface area contributed by atoms with Gasteiger partial charge in [0, 0.05) is 0 Å². The summed E-state index contributed by atoms with van der Waals surface area (Å²) in [6.45, 7) is 0. The second kappa shape index (κ2) is 20.3. The molecule has 32 heavy (non-hydrogen) atoms. The summed E-state index contributed by atoms with van der Waals surface area (Å²) in [7, 11) is -36.0. The number of hydrogen-bond acceptors (Lipinski definition) is 2. The summed E-state index contributed by atoms with van der Waals surface area (Å²) in [5.74, 6) is 0. The van der Waals surface area contributed by atoms with E-state index < -0.39 is 43.5 Å². The second-order valence-corrected chi connectivity index (χ2v) is 2.97. The van der Waals surface area contributed by atoms with Crippen LogP contribution in [0.5, 0.6) is 0 Å². The molecule has 2 nitrogen and oxygen atoms in total. The van der Waals surface area contributed by atoms with Gasteiger partial charge in [-0.1, -0.05) is 0 Å². The van der Waals surface area contributed by atoms with Gasteiger partial charge in [0.25, 0.3) is 0 Å². The zero-order chi connectivity index (χ0) is 27.0. The molecule has 0 aliphatic heterocycles. The smallest absolute Gasteiger partial charge is 0.418 e. The van der Waals surface area contributed by atoms with Crippen LogP contribution in [0, 0.1) is 0 Å². The molecule has 0 saturated heterocycles. The minimum Gasteiger partial charge on any atom is -0.418 e. The summed E-state index contributed by atoms with van der Waals surface area (Å²) >= 11 is 0. The van der Waals surface area contributed by atoms with E-state index in [1.165, 1.54) is 0 Å². The zero-order valence-electron chi connectivity index (χ0n) is 13.9. The maximum Gasteiger partial charge on any atom is 0.673 e. The van der Waals surface area contributed by atoms with Gasteiger partial charge in [-0.3, -0.25) is 0 Å². The first-order valence-corrected chi connectivity index (χ1v) is 5.24. The van der Waals surface area contributed by atoms with Crippen molar-refractivity contribution in [3.8, 4) is 0 Å². The van der Waals surface area contributed by atoms with E-state index in [9.17, 15) is 104 Å². The molecule has 0 atom stereocenters. The molecule has 6 N–H and O–H groups in total. The van der Waals surface area contributed by atoms with Crippen LogP contribution in [0.4, 0.5) is 104 Å². The fraction of sp³-hybridized carbons (Fsp3) is 0. The Balaban J connectivity index is -0.0000000356. The van der Waals surface area contributed by atoms with Crippen LogP contribution in [0.25, 0.3) is 0 Å². The first-order valence-electron chi connectivity index (χ1n) is 5.24. The summed E-state index contributed by atoms with van der Waals surface area (Å²) in [5, 5.41) is 0. The standard InChI is InChI=1S/6BF4.2H3N/c6*2-1(3,4)5;;/h;;;;;;2*1H3/q6*-1;;. The quantitative estimate of drug-likeness (QED) is 0.234. The zero-order valence-corrected chi connectivity index (χ0v) is 13.9. The Hall–Kier alpha value is -1.37. The van der Waals surface area contributed by atoms with Gasteiger partial charge in [0.15, 0.2) is 0 Å². The van der Waals surface area contributed by atoms with Gasteiger partial charge < -0.3 is 116 Å². The third-order valence-corrected chi connectivity index (χ3v) is 0. The van der Waals surface area contributed by atoms with Crippen LogP contribution in [-0.4, -0.2) is 43.5 Å². The Labute approximate surface area is 161 Å². The minimum atomic E-state index is -6.00. The van der Waals surface area contributed by atoms with E-state index >= 15 is 0 Å². The number of halogens is 24. The predicted octanol–water partition coefficient (Wildman–Crippen LogP) is 8.12. The van der Waals surface area contributed by atoms with Gasteiger partial charge in [0.1, 0.15) is 0 Å². The van der Waals surface area contributed by atoms with Gasteiger partial charge >= 0.3 is 43.5 Å². The lowest BCUT2D eigenvalue weighted by Gasteiger charge is -1.94. The summed E-state index contributed by atoms with van der Waals surface area (Å²) in [4.78, 5) is 0. The summed E-state index contributed by atoms with van der Waals surface area (Å²) in [6, 6.07) is 0. The van der Waals surface area contributed by atoms with E-state index in [4.69, 9.17) is 0 Å². The van der Waals surface area contributed by atoms with E-state index in [0.29, 0.717) is 0 Å². The Morgan fingerprint density at radius 3 is 0.156 bits per heavy atom. The molecule has 0 amide bonds. The molecule has 0 aliphatic rings. The SMILES string of the molecule is F[B-](F)(F)F.F[B-](F)(F)F.F[B-](F)(F)F.F[B-](F)(F)F.F[B-](F)(F)F.F[B-](F)(F)F.N.N. The van der Waals surface area contributed by atoms with Crippen LogP contribution < -0.4 is 12.3 Å². The number of rotatable bonds is 0. The molecule has 0 fully saturated rings. The highest BCUT2D eigenvalue weighted by Crippen LogP contribution is 2.09. The first-order chi connectivity index (χ1) is 12.0. The Morgan fingerprint density at radius 1 is 0.156 bits per heavy atom. The molecule has 32 heteroatoms. The van der Waals surface area contributed by atoms with Crippen molar-refractivity contribution in [1.29, 1.82) is 0 Å². The van der Waals surface area contributed by atoms with Gasteiger partial charge in [-0.15, -0.1) is 0 Å². The predicted molar refractivity (Wildman–Crippen MR) is 71.2 cm³/mol. The lowest BCUT2D eigenvalue weighted by Crippen LogP contribution is -2.02. The molecule has 0 heterocycles. The van der Waals surface area contributed by atoms with Crippen molar-refractivity contribution in [1.82, 2.24) is 12.3 Å². The minimum absolute atomic E-state index is 0. The van der Waals surface area contributed by atoms with Crippen molar-refractivity contribution < 1.29 is 104 Å². The monoisotopic (exact) mass is 556 g/mol. The van der Waals surface area contributed by atoms with E-state index in [2.05, 4.69) is 0 Å². The van der Waals surface area contributed by atoms with Crippen molar-refractivity contribution in [2.75, 3.05) is 0 Å². The summed E-state index contributed by atoms with van der Waals surface area (Å²) in [5.41, 5.74) is 0. The van der Waals surface area contributed by atoms with Crippen LogP contribution in [0.3, 0.4) is 0 Å². The molecule has 0 radical (unpaired) electrons. The molecule has 0 bridgehead atoms. The first kappa shape index (κ1) is 52.5. The largest absolute Gasteiger partial charge is 0.673 e. The van der Waals surface area contributed by atoms with Crippen LogP contribution in [-0.2, 0) is 0 Å². The maximum atomic E-state index is 9.75. The Morgan fingerprint density at radius 2 is 0.156 bits per heavy atom. The van der Waals surface area contributed by atoms with Gasteiger partial charge in [-0.05, 0) is 0 Å². The molecule has 0 unspecified atom stereocenters. The van der Waals surface area contributed by atoms with Gasteiger partial charge in [0.05, 0.1) is 0 Å². The topological polar surface area (TPSA) is 70.0 Å². The fourth-order valence-corrected chi connectivity index (χ4v) is 0. The third kappa shape index (κ3) is 11600. The van der Waals surface area contributed by atoms with Crippen LogP contribution >= 0.6 is 0 Å². The average Bonchev–Trinajstić information content (AvgIpc) is 1.94. The Bertz CT molecular complexity index is 219. The highest BCUT2D eigenvalue weighted by atomic mass is 19.5. The van der Waals surface area contributed by atoms with E-state index in [1.54, 1.807) is 0 Å². The van der Waals surface area contributed by atoms with Crippen LogP contribution in [0.2, 0.25) is 0 Å². The highest BCUT2D eigenvalue weighted by Gasteiger charge is 2.22. The van der Waals surface area contributed by atoms with Crippen molar-refractivity contribution in [2.24, 2.45) is 0 Å². The van der Waals surface area contributed by atoms with E-state index in [1.807, 2.05) is 0 Å². The van der Waals surface area contributed by atoms with Crippen molar-refractivity contribution in [3.63, 3.8) is 0 Å². The summed E-state index contributed by atoms with van der Waals surface area (Å²) < 4.78 is 234. The molecule has 0 aliphatic carbocycles. The second-order valence-electron chi connectivity index (χ2n) is 2.97. The van der Waals surface area contributed by atoms with Crippen molar-refractivity contribution in [3.05, 3.63) is 0 Å². The van der Waals surface area contributed by atoms with Crippen molar-refractivity contribution in [2.45, 2.75) is 0 Å². The fourth-order valence-electron chi connectivity index (χ4n) is 0.